The maximum atomic E-state index is 11.8. The normalized spacial score (nSPS) is 11.8. The second-order valence-corrected chi connectivity index (χ2v) is 4.98. The predicted octanol–water partition coefficient (Wildman–Crippen LogP) is 3.30. The zero-order chi connectivity index (χ0) is 14.6. The number of alkyl halides is 3. The Hall–Kier alpha value is -1.54. The van der Waals surface area contributed by atoms with Crippen molar-refractivity contribution in [2.45, 2.75) is 6.18 Å². The molecule has 0 saturated heterocycles. The Morgan fingerprint density at radius 3 is 2.85 bits per heavy atom. The molecule has 0 amide bonds. The third kappa shape index (κ3) is 4.24. The fraction of sp³-hybridized carbons (Fsp3) is 0.417. The molecule has 0 fully saturated rings. The van der Waals surface area contributed by atoms with Crippen LogP contribution in [0.2, 0.25) is 0 Å². The van der Waals surface area contributed by atoms with Crippen molar-refractivity contribution in [2.75, 3.05) is 32.2 Å². The van der Waals surface area contributed by atoms with E-state index in [1.807, 2.05) is 12.1 Å². The van der Waals surface area contributed by atoms with E-state index in [0.717, 1.165) is 16.0 Å². The van der Waals surface area contributed by atoms with E-state index in [0.29, 0.717) is 5.13 Å². The maximum Gasteiger partial charge on any atom is 0.411 e. The molecule has 0 aliphatic rings. The van der Waals surface area contributed by atoms with Gasteiger partial charge in [0.15, 0.2) is 5.13 Å². The van der Waals surface area contributed by atoms with Crippen molar-refractivity contribution in [1.82, 2.24) is 4.98 Å². The molecular weight excluding hydrogens is 293 g/mol. The van der Waals surface area contributed by atoms with Crippen LogP contribution in [0.25, 0.3) is 10.2 Å². The number of hydrogen-bond donors (Lipinski definition) is 1. The molecule has 0 radical (unpaired) electrons. The number of anilines is 1. The minimum atomic E-state index is -4.29. The van der Waals surface area contributed by atoms with Gasteiger partial charge in [-0.2, -0.15) is 13.2 Å². The van der Waals surface area contributed by atoms with Crippen LogP contribution in [0.15, 0.2) is 18.2 Å². The summed E-state index contributed by atoms with van der Waals surface area (Å²) in [6, 6.07) is 5.49. The zero-order valence-corrected chi connectivity index (χ0v) is 11.5. The fourth-order valence-corrected chi connectivity index (χ4v) is 2.45. The summed E-state index contributed by atoms with van der Waals surface area (Å²) in [5, 5.41) is 3.57. The molecule has 2 rings (SSSR count). The van der Waals surface area contributed by atoms with Gasteiger partial charge in [0.2, 0.25) is 0 Å². The van der Waals surface area contributed by atoms with E-state index in [-0.39, 0.29) is 13.2 Å². The molecule has 2 aromatic rings. The Labute approximate surface area is 117 Å². The van der Waals surface area contributed by atoms with Crippen molar-refractivity contribution in [2.24, 2.45) is 0 Å². The molecule has 1 heterocycles. The van der Waals surface area contributed by atoms with Crippen molar-refractivity contribution >= 4 is 26.7 Å². The van der Waals surface area contributed by atoms with Crippen molar-refractivity contribution in [3.8, 4) is 5.75 Å². The van der Waals surface area contributed by atoms with E-state index < -0.39 is 12.8 Å². The van der Waals surface area contributed by atoms with Crippen molar-refractivity contribution < 1.29 is 22.6 Å². The van der Waals surface area contributed by atoms with Crippen LogP contribution in [0, 0.1) is 0 Å². The lowest BCUT2D eigenvalue weighted by atomic mass is 10.3. The van der Waals surface area contributed by atoms with Gasteiger partial charge in [0.05, 0.1) is 23.9 Å². The Morgan fingerprint density at radius 2 is 2.15 bits per heavy atom. The van der Waals surface area contributed by atoms with Crippen molar-refractivity contribution in [3.05, 3.63) is 18.2 Å². The van der Waals surface area contributed by atoms with Crippen LogP contribution in [-0.2, 0) is 4.74 Å². The lowest BCUT2D eigenvalue weighted by molar-refractivity contribution is -0.172. The first-order valence-electron chi connectivity index (χ1n) is 5.81. The first-order valence-corrected chi connectivity index (χ1v) is 6.62. The third-order valence-corrected chi connectivity index (χ3v) is 3.36. The number of fused-ring (bicyclic) bond motifs is 1. The monoisotopic (exact) mass is 306 g/mol. The number of hydrogen-bond acceptors (Lipinski definition) is 5. The van der Waals surface area contributed by atoms with Crippen LogP contribution in [0.5, 0.6) is 5.75 Å². The summed E-state index contributed by atoms with van der Waals surface area (Å²) in [4.78, 5) is 4.31. The quantitative estimate of drug-likeness (QED) is 0.832. The van der Waals surface area contributed by atoms with E-state index in [1.165, 1.54) is 11.3 Å². The number of benzene rings is 1. The second kappa shape index (κ2) is 6.27. The maximum absolute atomic E-state index is 11.8. The number of thiazole rings is 1. The van der Waals surface area contributed by atoms with Gasteiger partial charge in [-0.15, -0.1) is 0 Å². The molecule has 1 N–H and O–H groups in total. The van der Waals surface area contributed by atoms with Gasteiger partial charge in [0.1, 0.15) is 12.4 Å². The van der Waals surface area contributed by atoms with Crippen LogP contribution < -0.4 is 10.1 Å². The van der Waals surface area contributed by atoms with Gasteiger partial charge in [-0.25, -0.2) is 4.98 Å². The topological polar surface area (TPSA) is 43.4 Å². The standard InChI is InChI=1S/C12H13F3N2O2S/c1-18-8-2-3-9-10(6-8)20-11(17-9)16-4-5-19-7-12(13,14)15/h2-3,6H,4-5,7H2,1H3,(H,16,17). The predicted molar refractivity (Wildman–Crippen MR) is 71.5 cm³/mol. The van der Waals surface area contributed by atoms with E-state index >= 15 is 0 Å². The highest BCUT2D eigenvalue weighted by molar-refractivity contribution is 7.22. The molecule has 0 unspecified atom stereocenters. The van der Waals surface area contributed by atoms with Gasteiger partial charge >= 0.3 is 6.18 Å². The number of nitrogens with zero attached hydrogens (tertiary/aromatic N) is 1. The molecule has 0 spiro atoms. The lowest BCUT2D eigenvalue weighted by Gasteiger charge is -2.07. The van der Waals surface area contributed by atoms with E-state index in [9.17, 15) is 13.2 Å². The number of halogens is 3. The average molecular weight is 306 g/mol. The van der Waals surface area contributed by atoms with Crippen LogP contribution >= 0.6 is 11.3 Å². The molecule has 0 atom stereocenters. The highest BCUT2D eigenvalue weighted by Crippen LogP contribution is 2.28. The molecule has 1 aromatic carbocycles. The summed E-state index contributed by atoms with van der Waals surface area (Å²) in [5.41, 5.74) is 0.814. The van der Waals surface area contributed by atoms with E-state index in [1.54, 1.807) is 13.2 Å². The number of rotatable bonds is 6. The molecule has 8 heteroatoms. The Balaban J connectivity index is 1.84. The molecule has 1 aromatic heterocycles. The van der Waals surface area contributed by atoms with Gasteiger partial charge in [-0.3, -0.25) is 0 Å². The second-order valence-electron chi connectivity index (χ2n) is 3.95. The average Bonchev–Trinajstić information content (AvgIpc) is 2.78. The first kappa shape index (κ1) is 14.9. The molecule has 0 aliphatic carbocycles. The molecule has 20 heavy (non-hydrogen) atoms. The van der Waals surface area contributed by atoms with Crippen LogP contribution in [-0.4, -0.2) is 38.0 Å². The lowest BCUT2D eigenvalue weighted by Crippen LogP contribution is -2.20. The summed E-state index contributed by atoms with van der Waals surface area (Å²) in [6.07, 6.45) is -4.29. The van der Waals surface area contributed by atoms with Gasteiger partial charge in [-0.1, -0.05) is 11.3 Å². The molecule has 0 saturated carbocycles. The van der Waals surface area contributed by atoms with Crippen LogP contribution in [0.4, 0.5) is 18.3 Å². The van der Waals surface area contributed by atoms with Crippen LogP contribution in [0.1, 0.15) is 0 Å². The SMILES string of the molecule is COc1ccc2nc(NCCOCC(F)(F)F)sc2c1. The summed E-state index contributed by atoms with van der Waals surface area (Å²) < 4.78 is 46.1. The summed E-state index contributed by atoms with van der Waals surface area (Å²) in [5.74, 6) is 0.737. The number of methoxy groups -OCH3 is 1. The van der Waals surface area contributed by atoms with Crippen molar-refractivity contribution in [1.29, 1.82) is 0 Å². The summed E-state index contributed by atoms with van der Waals surface area (Å²) in [6.45, 7) is -0.989. The molecular formula is C12H13F3N2O2S. The largest absolute Gasteiger partial charge is 0.497 e. The fourth-order valence-electron chi connectivity index (χ4n) is 1.53. The number of ether oxygens (including phenoxy) is 2. The van der Waals surface area contributed by atoms with E-state index in [2.05, 4.69) is 15.0 Å². The Bertz CT molecular complexity index is 571. The summed E-state index contributed by atoms with van der Waals surface area (Å²) in [7, 11) is 1.58. The minimum Gasteiger partial charge on any atom is -0.497 e. The molecule has 4 nitrogen and oxygen atoms in total. The van der Waals surface area contributed by atoms with Crippen LogP contribution in [0.3, 0.4) is 0 Å². The Kier molecular flexibility index (Phi) is 4.66. The third-order valence-electron chi connectivity index (χ3n) is 2.38. The minimum absolute atomic E-state index is 0.0290. The number of aromatic nitrogens is 1. The van der Waals surface area contributed by atoms with E-state index in [4.69, 9.17) is 4.74 Å². The molecule has 0 aliphatic heterocycles. The molecule has 0 bridgehead atoms. The van der Waals surface area contributed by atoms with Crippen molar-refractivity contribution in [3.63, 3.8) is 0 Å². The highest BCUT2D eigenvalue weighted by Gasteiger charge is 2.27. The zero-order valence-electron chi connectivity index (χ0n) is 10.7. The number of nitrogens with one attached hydrogen (secondary N) is 1. The Morgan fingerprint density at radius 1 is 1.35 bits per heavy atom. The van der Waals surface area contributed by atoms with Gasteiger partial charge in [0.25, 0.3) is 0 Å². The smallest absolute Gasteiger partial charge is 0.411 e. The summed E-state index contributed by atoms with van der Waals surface area (Å²) >= 11 is 1.41. The van der Waals surface area contributed by atoms with Gasteiger partial charge in [0, 0.05) is 6.54 Å². The highest BCUT2D eigenvalue weighted by atomic mass is 32.1. The molecule has 110 valence electrons. The first-order chi connectivity index (χ1) is 9.48. The van der Waals surface area contributed by atoms with Gasteiger partial charge in [-0.05, 0) is 18.2 Å². The van der Waals surface area contributed by atoms with Gasteiger partial charge < -0.3 is 14.8 Å².